The maximum absolute atomic E-state index is 6.01. The minimum atomic E-state index is 0.632. The Morgan fingerprint density at radius 3 is 2.81 bits per heavy atom. The zero-order chi connectivity index (χ0) is 11.8. The molecule has 0 aliphatic heterocycles. The Labute approximate surface area is 102 Å². The van der Waals surface area contributed by atoms with E-state index in [0.717, 1.165) is 22.8 Å². The van der Waals surface area contributed by atoms with Gasteiger partial charge in [-0.2, -0.15) is 0 Å². The van der Waals surface area contributed by atoms with Gasteiger partial charge in [0.2, 0.25) is 0 Å². The van der Waals surface area contributed by atoms with Gasteiger partial charge in [0.05, 0.1) is 19.8 Å². The van der Waals surface area contributed by atoms with Gasteiger partial charge >= 0.3 is 0 Å². The zero-order valence-corrected chi connectivity index (χ0v) is 10.5. The molecule has 1 aromatic carbocycles. The summed E-state index contributed by atoms with van der Waals surface area (Å²) in [6.45, 7) is 4.69. The van der Waals surface area contributed by atoms with E-state index in [0.29, 0.717) is 19.8 Å². The summed E-state index contributed by atoms with van der Waals surface area (Å²) < 4.78 is 10.2. The number of rotatable bonds is 7. The molecule has 0 heterocycles. The first-order valence-electron chi connectivity index (χ1n) is 5.31. The first kappa shape index (κ1) is 13.3. The number of hydrogen-bond donors (Lipinski definition) is 1. The van der Waals surface area contributed by atoms with Gasteiger partial charge in [-0.1, -0.05) is 17.7 Å². The van der Waals surface area contributed by atoms with Crippen molar-refractivity contribution in [2.75, 3.05) is 38.8 Å². The molecular weight excluding hydrogens is 226 g/mol. The highest BCUT2D eigenvalue weighted by molar-refractivity contribution is 6.31. The summed E-state index contributed by atoms with van der Waals surface area (Å²) in [4.78, 5) is 0. The Balaban J connectivity index is 2.24. The van der Waals surface area contributed by atoms with Crippen LogP contribution in [0.15, 0.2) is 18.2 Å². The third kappa shape index (κ3) is 4.39. The van der Waals surface area contributed by atoms with Crippen LogP contribution in [0.25, 0.3) is 0 Å². The van der Waals surface area contributed by atoms with E-state index in [4.69, 9.17) is 21.1 Å². The smallest absolute Gasteiger partial charge is 0.0701 e. The topological polar surface area (TPSA) is 30.5 Å². The molecule has 90 valence electrons. The molecule has 1 aromatic rings. The van der Waals surface area contributed by atoms with Crippen LogP contribution in [0.4, 0.5) is 5.69 Å². The molecule has 0 fully saturated rings. The van der Waals surface area contributed by atoms with Crippen molar-refractivity contribution >= 4 is 17.3 Å². The molecule has 3 nitrogen and oxygen atoms in total. The lowest BCUT2D eigenvalue weighted by atomic mass is 10.2. The lowest BCUT2D eigenvalue weighted by Crippen LogP contribution is -2.12. The highest BCUT2D eigenvalue weighted by atomic mass is 35.5. The monoisotopic (exact) mass is 243 g/mol. The number of benzene rings is 1. The van der Waals surface area contributed by atoms with Crippen molar-refractivity contribution in [3.8, 4) is 0 Å². The molecule has 0 atom stereocenters. The molecule has 0 saturated carbocycles. The fourth-order valence-corrected chi connectivity index (χ4v) is 1.48. The Bertz CT molecular complexity index is 318. The number of methoxy groups -OCH3 is 1. The number of anilines is 1. The van der Waals surface area contributed by atoms with Crippen LogP contribution in [-0.2, 0) is 9.47 Å². The zero-order valence-electron chi connectivity index (χ0n) is 9.75. The van der Waals surface area contributed by atoms with E-state index >= 15 is 0 Å². The molecule has 0 bridgehead atoms. The van der Waals surface area contributed by atoms with Crippen LogP contribution in [0.3, 0.4) is 0 Å². The first-order chi connectivity index (χ1) is 7.75. The van der Waals surface area contributed by atoms with Crippen molar-refractivity contribution in [1.82, 2.24) is 0 Å². The van der Waals surface area contributed by atoms with Gasteiger partial charge in [-0.25, -0.2) is 0 Å². The summed E-state index contributed by atoms with van der Waals surface area (Å²) in [7, 11) is 1.66. The van der Waals surface area contributed by atoms with E-state index in [1.165, 1.54) is 0 Å². The quantitative estimate of drug-likeness (QED) is 0.747. The Morgan fingerprint density at radius 1 is 1.25 bits per heavy atom. The van der Waals surface area contributed by atoms with Gasteiger partial charge in [-0.05, 0) is 24.6 Å². The van der Waals surface area contributed by atoms with Crippen molar-refractivity contribution in [1.29, 1.82) is 0 Å². The minimum Gasteiger partial charge on any atom is -0.382 e. The molecule has 1 rings (SSSR count). The fraction of sp³-hybridized carbons (Fsp3) is 0.500. The number of halogens is 1. The van der Waals surface area contributed by atoms with E-state index < -0.39 is 0 Å². The number of ether oxygens (including phenoxy) is 2. The van der Waals surface area contributed by atoms with Crippen LogP contribution >= 0.6 is 11.6 Å². The summed E-state index contributed by atoms with van der Waals surface area (Å²) in [6, 6.07) is 5.83. The molecule has 1 N–H and O–H groups in total. The van der Waals surface area contributed by atoms with Gasteiger partial charge in [0.15, 0.2) is 0 Å². The molecule has 16 heavy (non-hydrogen) atoms. The van der Waals surface area contributed by atoms with Gasteiger partial charge in [0.25, 0.3) is 0 Å². The van der Waals surface area contributed by atoms with Crippen LogP contribution in [0.5, 0.6) is 0 Å². The number of nitrogens with one attached hydrogen (secondary N) is 1. The third-order valence-corrected chi connectivity index (χ3v) is 2.67. The van der Waals surface area contributed by atoms with Crippen molar-refractivity contribution in [3.05, 3.63) is 28.8 Å². The van der Waals surface area contributed by atoms with E-state index in [1.807, 2.05) is 25.1 Å². The Hall–Kier alpha value is -0.770. The van der Waals surface area contributed by atoms with Crippen molar-refractivity contribution in [2.24, 2.45) is 0 Å². The van der Waals surface area contributed by atoms with Gasteiger partial charge in [0.1, 0.15) is 0 Å². The molecule has 0 amide bonds. The second-order valence-electron chi connectivity index (χ2n) is 3.44. The van der Waals surface area contributed by atoms with Crippen molar-refractivity contribution in [3.63, 3.8) is 0 Å². The lowest BCUT2D eigenvalue weighted by Gasteiger charge is -2.10. The summed E-state index contributed by atoms with van der Waals surface area (Å²) in [5, 5.41) is 4.06. The Kier molecular flexibility index (Phi) is 6.23. The molecule has 0 aliphatic rings. The first-order valence-corrected chi connectivity index (χ1v) is 5.69. The highest BCUT2D eigenvalue weighted by Crippen LogP contribution is 2.22. The average molecular weight is 244 g/mol. The lowest BCUT2D eigenvalue weighted by molar-refractivity contribution is 0.0759. The van der Waals surface area contributed by atoms with Crippen LogP contribution in [0, 0.1) is 6.92 Å². The minimum absolute atomic E-state index is 0.632. The van der Waals surface area contributed by atoms with Gasteiger partial charge in [-0.3, -0.25) is 0 Å². The maximum atomic E-state index is 6.01. The molecule has 0 radical (unpaired) electrons. The van der Waals surface area contributed by atoms with Crippen LogP contribution in [0.2, 0.25) is 5.02 Å². The molecule has 0 aromatic heterocycles. The van der Waals surface area contributed by atoms with Gasteiger partial charge in [0, 0.05) is 24.4 Å². The van der Waals surface area contributed by atoms with Crippen molar-refractivity contribution in [2.45, 2.75) is 6.92 Å². The standard InChI is InChI=1S/C12H18ClNO2/c1-10-11(13)4-3-5-12(10)14-6-7-16-9-8-15-2/h3-5,14H,6-9H2,1-2H3. The number of hydrogen-bond acceptors (Lipinski definition) is 3. The van der Waals surface area contributed by atoms with Crippen LogP contribution < -0.4 is 5.32 Å². The normalized spacial score (nSPS) is 10.4. The molecule has 0 aliphatic carbocycles. The van der Waals surface area contributed by atoms with Gasteiger partial charge in [-0.15, -0.1) is 0 Å². The van der Waals surface area contributed by atoms with Crippen LogP contribution in [0.1, 0.15) is 5.56 Å². The predicted molar refractivity (Wildman–Crippen MR) is 67.4 cm³/mol. The highest BCUT2D eigenvalue weighted by Gasteiger charge is 2.00. The largest absolute Gasteiger partial charge is 0.382 e. The molecular formula is C12H18ClNO2. The Morgan fingerprint density at radius 2 is 2.06 bits per heavy atom. The fourth-order valence-electron chi connectivity index (χ4n) is 1.30. The van der Waals surface area contributed by atoms with E-state index in [2.05, 4.69) is 5.32 Å². The second-order valence-corrected chi connectivity index (χ2v) is 3.85. The average Bonchev–Trinajstić information content (AvgIpc) is 2.29. The summed E-state index contributed by atoms with van der Waals surface area (Å²) >= 11 is 6.01. The third-order valence-electron chi connectivity index (χ3n) is 2.26. The van der Waals surface area contributed by atoms with E-state index in [9.17, 15) is 0 Å². The van der Waals surface area contributed by atoms with Crippen LogP contribution in [-0.4, -0.2) is 33.5 Å². The summed E-state index contributed by atoms with van der Waals surface area (Å²) in [5.74, 6) is 0. The second kappa shape index (κ2) is 7.49. The molecule has 4 heteroatoms. The summed E-state index contributed by atoms with van der Waals surface area (Å²) in [5.41, 5.74) is 2.13. The van der Waals surface area contributed by atoms with Crippen molar-refractivity contribution < 1.29 is 9.47 Å². The molecule has 0 spiro atoms. The van der Waals surface area contributed by atoms with E-state index in [1.54, 1.807) is 7.11 Å². The molecule has 0 saturated heterocycles. The van der Waals surface area contributed by atoms with E-state index in [-0.39, 0.29) is 0 Å². The SMILES string of the molecule is COCCOCCNc1cccc(Cl)c1C. The summed E-state index contributed by atoms with van der Waals surface area (Å²) in [6.07, 6.45) is 0. The molecule has 0 unspecified atom stereocenters. The van der Waals surface area contributed by atoms with Gasteiger partial charge < -0.3 is 14.8 Å². The predicted octanol–water partition coefficient (Wildman–Crippen LogP) is 2.72. The maximum Gasteiger partial charge on any atom is 0.0701 e.